The molecule has 4 heteroatoms. The minimum atomic E-state index is -0.693. The number of fused-ring (bicyclic) bond motifs is 3. The predicted molar refractivity (Wildman–Crippen MR) is 57.5 cm³/mol. The van der Waals surface area contributed by atoms with Crippen molar-refractivity contribution in [3.05, 3.63) is 33.3 Å². The molecule has 0 bridgehead atoms. The maximum Gasteiger partial charge on any atom is 0.307 e. The van der Waals surface area contributed by atoms with Crippen LogP contribution in [0.1, 0.15) is 17.0 Å². The molecule has 2 aliphatic rings. The molecule has 0 spiro atoms. The lowest BCUT2D eigenvalue weighted by Crippen LogP contribution is -2.05. The second-order valence-electron chi connectivity index (χ2n) is 4.19. The monoisotopic (exact) mass is 242 g/mol. The van der Waals surface area contributed by atoms with Gasteiger partial charge in [0.05, 0.1) is 16.0 Å². The average Bonchev–Trinajstić information content (AvgIpc) is 2.78. The van der Waals surface area contributed by atoms with Crippen molar-refractivity contribution in [3.8, 4) is 0 Å². The van der Waals surface area contributed by atoms with Crippen molar-refractivity contribution >= 4 is 29.2 Å². The van der Waals surface area contributed by atoms with Gasteiger partial charge in [-0.3, -0.25) is 4.79 Å². The summed E-state index contributed by atoms with van der Waals surface area (Å²) >= 11 is 12.0. The number of rotatable bonds is 1. The minimum Gasteiger partial charge on any atom is -0.481 e. The average molecular weight is 243 g/mol. The standard InChI is InChI=1S/C11H8Cl2O2/c12-7-2-1-4-5(10(7)13)3-6-8(4)9(6)11(14)15/h1-2,6,8-9H,3H2,(H,14,15)/t6-,8-,9+/m0/s1. The van der Waals surface area contributed by atoms with E-state index < -0.39 is 5.97 Å². The van der Waals surface area contributed by atoms with Crippen molar-refractivity contribution < 1.29 is 9.90 Å². The highest BCUT2D eigenvalue weighted by Crippen LogP contribution is 2.62. The molecule has 1 aromatic carbocycles. The molecule has 15 heavy (non-hydrogen) atoms. The van der Waals surface area contributed by atoms with Gasteiger partial charge < -0.3 is 5.11 Å². The molecule has 1 fully saturated rings. The van der Waals surface area contributed by atoms with Crippen LogP contribution in [0, 0.1) is 11.8 Å². The quantitative estimate of drug-likeness (QED) is 0.823. The molecule has 0 aliphatic heterocycles. The number of benzene rings is 1. The Labute approximate surface area is 96.8 Å². The molecule has 1 saturated carbocycles. The van der Waals surface area contributed by atoms with Gasteiger partial charge in [-0.25, -0.2) is 0 Å². The number of carbonyl (C=O) groups is 1. The lowest BCUT2D eigenvalue weighted by atomic mass is 10.0. The molecule has 1 N–H and O–H groups in total. The van der Waals surface area contributed by atoms with E-state index in [9.17, 15) is 4.79 Å². The molecule has 3 rings (SSSR count). The van der Waals surface area contributed by atoms with E-state index in [1.807, 2.05) is 6.07 Å². The van der Waals surface area contributed by atoms with Crippen LogP contribution in [0.4, 0.5) is 0 Å². The van der Waals surface area contributed by atoms with Gasteiger partial charge in [0.1, 0.15) is 0 Å². The summed E-state index contributed by atoms with van der Waals surface area (Å²) in [4.78, 5) is 10.9. The molecular weight excluding hydrogens is 235 g/mol. The molecule has 0 unspecified atom stereocenters. The topological polar surface area (TPSA) is 37.3 Å². The Bertz CT molecular complexity index is 470. The zero-order valence-electron chi connectivity index (χ0n) is 7.71. The normalized spacial score (nSPS) is 30.9. The molecule has 0 radical (unpaired) electrons. The molecule has 3 atom stereocenters. The zero-order valence-corrected chi connectivity index (χ0v) is 9.22. The van der Waals surface area contributed by atoms with E-state index in [2.05, 4.69) is 0 Å². The van der Waals surface area contributed by atoms with Crippen molar-refractivity contribution in [1.29, 1.82) is 0 Å². The first-order chi connectivity index (χ1) is 7.11. The molecule has 1 aromatic rings. The Hall–Kier alpha value is -0.730. The second-order valence-corrected chi connectivity index (χ2v) is 4.97. The minimum absolute atomic E-state index is 0.173. The molecule has 0 heterocycles. The van der Waals surface area contributed by atoms with Gasteiger partial charge in [0.2, 0.25) is 0 Å². The smallest absolute Gasteiger partial charge is 0.307 e. The van der Waals surface area contributed by atoms with Gasteiger partial charge in [-0.2, -0.15) is 0 Å². The van der Waals surface area contributed by atoms with Crippen LogP contribution in [0.15, 0.2) is 12.1 Å². The van der Waals surface area contributed by atoms with E-state index in [-0.39, 0.29) is 17.8 Å². The number of hydrogen-bond acceptors (Lipinski definition) is 1. The Morgan fingerprint density at radius 2 is 2.13 bits per heavy atom. The van der Waals surface area contributed by atoms with E-state index >= 15 is 0 Å². The van der Waals surface area contributed by atoms with Crippen LogP contribution in [0.3, 0.4) is 0 Å². The van der Waals surface area contributed by atoms with Crippen molar-refractivity contribution in [2.24, 2.45) is 11.8 Å². The van der Waals surface area contributed by atoms with Crippen molar-refractivity contribution in [2.45, 2.75) is 12.3 Å². The van der Waals surface area contributed by atoms with Gasteiger partial charge in [0.15, 0.2) is 0 Å². The number of aliphatic carboxylic acids is 1. The first kappa shape index (κ1) is 9.49. The fraction of sp³-hybridized carbons (Fsp3) is 0.364. The third-order valence-corrected chi connectivity index (χ3v) is 4.33. The van der Waals surface area contributed by atoms with Gasteiger partial charge in [-0.1, -0.05) is 29.3 Å². The third kappa shape index (κ3) is 1.15. The van der Waals surface area contributed by atoms with Gasteiger partial charge in [-0.15, -0.1) is 0 Å². The summed E-state index contributed by atoms with van der Waals surface area (Å²) in [6, 6.07) is 3.67. The number of carboxylic acids is 1. The summed E-state index contributed by atoms with van der Waals surface area (Å²) in [6.45, 7) is 0. The fourth-order valence-electron chi connectivity index (χ4n) is 2.75. The summed E-state index contributed by atoms with van der Waals surface area (Å²) in [6.07, 6.45) is 0.760. The van der Waals surface area contributed by atoms with Crippen LogP contribution in [-0.4, -0.2) is 11.1 Å². The number of hydrogen-bond donors (Lipinski definition) is 1. The van der Waals surface area contributed by atoms with Gasteiger partial charge in [-0.05, 0) is 29.5 Å². The van der Waals surface area contributed by atoms with E-state index in [4.69, 9.17) is 28.3 Å². The Morgan fingerprint density at radius 3 is 2.80 bits per heavy atom. The van der Waals surface area contributed by atoms with E-state index in [0.717, 1.165) is 17.5 Å². The molecule has 0 saturated heterocycles. The van der Waals surface area contributed by atoms with Crippen LogP contribution in [-0.2, 0) is 11.2 Å². The lowest BCUT2D eigenvalue weighted by molar-refractivity contribution is -0.139. The van der Waals surface area contributed by atoms with E-state index in [1.165, 1.54) is 0 Å². The fourth-order valence-corrected chi connectivity index (χ4v) is 3.18. The van der Waals surface area contributed by atoms with Gasteiger partial charge in [0.25, 0.3) is 0 Å². The third-order valence-electron chi connectivity index (χ3n) is 3.48. The number of halogens is 2. The highest BCUT2D eigenvalue weighted by molar-refractivity contribution is 6.42. The highest BCUT2D eigenvalue weighted by atomic mass is 35.5. The van der Waals surface area contributed by atoms with Crippen molar-refractivity contribution in [1.82, 2.24) is 0 Å². The van der Waals surface area contributed by atoms with Crippen molar-refractivity contribution in [2.75, 3.05) is 0 Å². The molecular formula is C11H8Cl2O2. The SMILES string of the molecule is O=C(O)[C@@H]1[C@H]2Cc3c(ccc(Cl)c3Cl)[C@@H]21. The first-order valence-electron chi connectivity index (χ1n) is 4.81. The number of carboxylic acid groups (broad SMARTS) is 1. The van der Waals surface area contributed by atoms with Crippen LogP contribution in [0.5, 0.6) is 0 Å². The molecule has 0 aromatic heterocycles. The largest absolute Gasteiger partial charge is 0.481 e. The Balaban J connectivity index is 2.04. The Kier molecular flexibility index (Phi) is 1.83. The predicted octanol–water partition coefficient (Wildman–Crippen LogP) is 2.96. The highest BCUT2D eigenvalue weighted by Gasteiger charge is 2.60. The Morgan fingerprint density at radius 1 is 1.40 bits per heavy atom. The second kappa shape index (κ2) is 2.89. The van der Waals surface area contributed by atoms with Crippen molar-refractivity contribution in [3.63, 3.8) is 0 Å². The maximum atomic E-state index is 10.9. The summed E-state index contributed by atoms with van der Waals surface area (Å²) in [7, 11) is 0. The lowest BCUT2D eigenvalue weighted by Gasteiger charge is -2.08. The van der Waals surface area contributed by atoms with E-state index in [1.54, 1.807) is 6.07 Å². The molecule has 0 amide bonds. The van der Waals surface area contributed by atoms with E-state index in [0.29, 0.717) is 10.0 Å². The van der Waals surface area contributed by atoms with Gasteiger partial charge in [0, 0.05) is 5.92 Å². The van der Waals surface area contributed by atoms with Crippen LogP contribution < -0.4 is 0 Å². The maximum absolute atomic E-state index is 10.9. The summed E-state index contributed by atoms with van der Waals surface area (Å²) in [5, 5.41) is 10.1. The first-order valence-corrected chi connectivity index (χ1v) is 5.56. The molecule has 2 nitrogen and oxygen atoms in total. The van der Waals surface area contributed by atoms with Crippen LogP contribution in [0.2, 0.25) is 10.0 Å². The van der Waals surface area contributed by atoms with Gasteiger partial charge >= 0.3 is 5.97 Å². The summed E-state index contributed by atoms with van der Waals surface area (Å²) in [5.41, 5.74) is 2.14. The van der Waals surface area contributed by atoms with Crippen LogP contribution in [0.25, 0.3) is 0 Å². The zero-order chi connectivity index (χ0) is 10.7. The summed E-state index contributed by atoms with van der Waals surface area (Å²) in [5.74, 6) is -0.475. The molecule has 78 valence electrons. The molecule has 2 aliphatic carbocycles. The van der Waals surface area contributed by atoms with Crippen LogP contribution >= 0.6 is 23.2 Å². The summed E-state index contributed by atoms with van der Waals surface area (Å²) < 4.78 is 0.